The number of hydrogen-bond donors (Lipinski definition) is 0. The number of imide groups is 1. The monoisotopic (exact) mass is 513 g/mol. The number of methoxy groups -OCH3 is 1. The highest BCUT2D eigenvalue weighted by molar-refractivity contribution is 9.10. The van der Waals surface area contributed by atoms with Crippen LogP contribution in [0.15, 0.2) is 45.8 Å². The molecule has 0 bridgehead atoms. The number of esters is 1. The van der Waals surface area contributed by atoms with Crippen molar-refractivity contribution in [1.82, 2.24) is 4.90 Å². The molecular formula is C20H14BrClFNO5S. The van der Waals surface area contributed by atoms with E-state index in [-0.39, 0.29) is 28.6 Å². The van der Waals surface area contributed by atoms with Crippen LogP contribution in [0.1, 0.15) is 11.1 Å². The minimum atomic E-state index is -0.601. The molecule has 0 atom stereocenters. The number of nitrogens with zero attached hydrogens (tertiary/aromatic N) is 1. The Morgan fingerprint density at radius 3 is 2.77 bits per heavy atom. The van der Waals surface area contributed by atoms with Gasteiger partial charge < -0.3 is 9.47 Å². The molecule has 156 valence electrons. The number of thioether (sulfide) groups is 1. The Kier molecular flexibility index (Phi) is 7.17. The molecule has 0 saturated carbocycles. The first kappa shape index (κ1) is 22.3. The van der Waals surface area contributed by atoms with Crippen LogP contribution in [0.25, 0.3) is 6.08 Å². The summed E-state index contributed by atoms with van der Waals surface area (Å²) in [6.45, 7) is -0.593. The fourth-order valence-corrected chi connectivity index (χ4v) is 4.01. The van der Waals surface area contributed by atoms with Crippen LogP contribution in [0.4, 0.5) is 9.18 Å². The predicted octanol–water partition coefficient (Wildman–Crippen LogP) is 5.03. The van der Waals surface area contributed by atoms with Gasteiger partial charge in [-0.25, -0.2) is 9.18 Å². The van der Waals surface area contributed by atoms with E-state index in [1.807, 2.05) is 0 Å². The van der Waals surface area contributed by atoms with Crippen LogP contribution in [-0.4, -0.2) is 35.7 Å². The first-order chi connectivity index (χ1) is 14.3. The van der Waals surface area contributed by atoms with Gasteiger partial charge in [0.25, 0.3) is 11.1 Å². The van der Waals surface area contributed by atoms with Gasteiger partial charge in [-0.2, -0.15) is 0 Å². The molecule has 3 rings (SSSR count). The summed E-state index contributed by atoms with van der Waals surface area (Å²) < 4.78 is 24.8. The normalized spacial score (nSPS) is 15.1. The van der Waals surface area contributed by atoms with Crippen LogP contribution < -0.4 is 4.74 Å². The van der Waals surface area contributed by atoms with Crippen LogP contribution in [0.2, 0.25) is 5.02 Å². The number of carbonyl (C=O) groups is 3. The predicted molar refractivity (Wildman–Crippen MR) is 115 cm³/mol. The molecule has 6 nitrogen and oxygen atoms in total. The first-order valence-electron chi connectivity index (χ1n) is 8.47. The van der Waals surface area contributed by atoms with Crippen LogP contribution in [0, 0.1) is 5.82 Å². The van der Waals surface area contributed by atoms with Gasteiger partial charge in [-0.1, -0.05) is 33.6 Å². The molecule has 0 aromatic heterocycles. The zero-order valence-corrected chi connectivity index (χ0v) is 18.6. The van der Waals surface area contributed by atoms with Crippen LogP contribution in [0.5, 0.6) is 5.75 Å². The third kappa shape index (κ3) is 5.03. The number of rotatable bonds is 6. The molecular weight excluding hydrogens is 501 g/mol. The number of amides is 2. The lowest BCUT2D eigenvalue weighted by Crippen LogP contribution is -2.28. The highest BCUT2D eigenvalue weighted by atomic mass is 79.9. The molecule has 1 aliphatic heterocycles. The summed E-state index contributed by atoms with van der Waals surface area (Å²) in [6, 6.07) is 9.13. The molecule has 30 heavy (non-hydrogen) atoms. The largest absolute Gasteiger partial charge is 0.481 e. The topological polar surface area (TPSA) is 72.9 Å². The fraction of sp³-hybridized carbons (Fsp3) is 0.150. The number of ether oxygens (including phenoxy) is 2. The van der Waals surface area contributed by atoms with E-state index in [4.69, 9.17) is 16.3 Å². The summed E-state index contributed by atoms with van der Waals surface area (Å²) in [5.41, 5.74) is 0.537. The molecule has 0 spiro atoms. The second kappa shape index (κ2) is 9.63. The Bertz CT molecular complexity index is 1040. The van der Waals surface area contributed by atoms with E-state index >= 15 is 0 Å². The van der Waals surface area contributed by atoms with E-state index in [0.29, 0.717) is 15.8 Å². The third-order valence-corrected chi connectivity index (χ3v) is 5.84. The van der Waals surface area contributed by atoms with Crippen molar-refractivity contribution in [2.24, 2.45) is 0 Å². The molecule has 2 aromatic carbocycles. The maximum atomic E-state index is 14.1. The average Bonchev–Trinajstić information content (AvgIpc) is 2.97. The molecule has 1 aliphatic rings. The van der Waals surface area contributed by atoms with Gasteiger partial charge in [0.2, 0.25) is 0 Å². The van der Waals surface area contributed by atoms with Gasteiger partial charge in [-0.3, -0.25) is 14.5 Å². The van der Waals surface area contributed by atoms with Crippen molar-refractivity contribution in [3.63, 3.8) is 0 Å². The van der Waals surface area contributed by atoms with Crippen LogP contribution in [0.3, 0.4) is 0 Å². The summed E-state index contributed by atoms with van der Waals surface area (Å²) in [5.74, 6) is -1.42. The van der Waals surface area contributed by atoms with E-state index < -0.39 is 22.9 Å². The molecule has 10 heteroatoms. The van der Waals surface area contributed by atoms with Crippen molar-refractivity contribution >= 4 is 62.5 Å². The molecule has 1 fully saturated rings. The SMILES string of the molecule is COC(=O)COc1ccc(Br)cc1/C=C1\SC(=O)N(Cc2c(F)cccc2Cl)C1=O. The Balaban J connectivity index is 1.87. The van der Waals surface area contributed by atoms with Crippen molar-refractivity contribution < 1.29 is 28.2 Å². The first-order valence-corrected chi connectivity index (χ1v) is 10.5. The number of carbonyl (C=O) groups excluding carboxylic acids is 3. The van der Waals surface area contributed by atoms with Gasteiger partial charge in [-0.15, -0.1) is 0 Å². The highest BCUT2D eigenvalue weighted by Crippen LogP contribution is 2.36. The zero-order chi connectivity index (χ0) is 21.8. The molecule has 2 aromatic rings. The molecule has 0 radical (unpaired) electrons. The molecule has 0 aliphatic carbocycles. The second-order valence-electron chi connectivity index (χ2n) is 6.02. The quantitative estimate of drug-likeness (QED) is 0.398. The maximum Gasteiger partial charge on any atom is 0.343 e. The molecule has 1 heterocycles. The summed E-state index contributed by atoms with van der Waals surface area (Å²) in [4.78, 5) is 37.6. The van der Waals surface area contributed by atoms with Crippen LogP contribution >= 0.6 is 39.3 Å². The van der Waals surface area contributed by atoms with E-state index in [1.165, 1.54) is 31.4 Å². The van der Waals surface area contributed by atoms with E-state index in [9.17, 15) is 18.8 Å². The molecule has 0 unspecified atom stereocenters. The zero-order valence-electron chi connectivity index (χ0n) is 15.5. The minimum absolute atomic E-state index is 0.0623. The summed E-state index contributed by atoms with van der Waals surface area (Å²) in [6.07, 6.45) is 1.48. The summed E-state index contributed by atoms with van der Waals surface area (Å²) >= 11 is 10.1. The van der Waals surface area contributed by atoms with Gasteiger partial charge in [0, 0.05) is 20.6 Å². The highest BCUT2D eigenvalue weighted by Gasteiger charge is 2.36. The van der Waals surface area contributed by atoms with Gasteiger partial charge in [0.1, 0.15) is 11.6 Å². The van der Waals surface area contributed by atoms with E-state index in [2.05, 4.69) is 20.7 Å². The standard InChI is InChI=1S/C20H14BrClFNO5S/c1-28-18(25)10-29-16-6-5-12(21)7-11(16)8-17-19(26)24(20(27)30-17)9-13-14(22)3-2-4-15(13)23/h2-8H,9-10H2,1H3/b17-8-. The maximum absolute atomic E-state index is 14.1. The lowest BCUT2D eigenvalue weighted by Gasteiger charge is -2.14. The van der Waals surface area contributed by atoms with Crippen molar-refractivity contribution in [3.8, 4) is 5.75 Å². The Labute approximate surface area is 189 Å². The third-order valence-electron chi connectivity index (χ3n) is 4.08. The fourth-order valence-electron chi connectivity index (χ4n) is 2.58. The summed E-state index contributed by atoms with van der Waals surface area (Å²) in [5, 5.41) is -0.416. The Morgan fingerprint density at radius 1 is 1.30 bits per heavy atom. The van der Waals surface area contributed by atoms with Crippen molar-refractivity contribution in [2.75, 3.05) is 13.7 Å². The Morgan fingerprint density at radius 2 is 2.07 bits per heavy atom. The summed E-state index contributed by atoms with van der Waals surface area (Å²) in [7, 11) is 1.24. The molecule has 0 N–H and O–H groups in total. The Hall–Kier alpha value is -2.36. The van der Waals surface area contributed by atoms with Gasteiger partial charge >= 0.3 is 5.97 Å². The lowest BCUT2D eigenvalue weighted by molar-refractivity contribution is -0.142. The second-order valence-corrected chi connectivity index (χ2v) is 8.33. The van der Waals surface area contributed by atoms with Crippen molar-refractivity contribution in [2.45, 2.75) is 6.54 Å². The molecule has 1 saturated heterocycles. The van der Waals surface area contributed by atoms with Gasteiger partial charge in [0.15, 0.2) is 6.61 Å². The van der Waals surface area contributed by atoms with E-state index in [1.54, 1.807) is 18.2 Å². The van der Waals surface area contributed by atoms with E-state index in [0.717, 1.165) is 16.7 Å². The van der Waals surface area contributed by atoms with Crippen molar-refractivity contribution in [3.05, 3.63) is 67.7 Å². The van der Waals surface area contributed by atoms with Gasteiger partial charge in [-0.05, 0) is 48.2 Å². The van der Waals surface area contributed by atoms with Gasteiger partial charge in [0.05, 0.1) is 18.6 Å². The average molecular weight is 515 g/mol. The number of halogens is 3. The number of hydrogen-bond acceptors (Lipinski definition) is 6. The smallest absolute Gasteiger partial charge is 0.343 e. The van der Waals surface area contributed by atoms with Crippen LogP contribution in [-0.2, 0) is 20.9 Å². The molecule has 2 amide bonds. The minimum Gasteiger partial charge on any atom is -0.481 e. The lowest BCUT2D eigenvalue weighted by atomic mass is 10.1. The van der Waals surface area contributed by atoms with Crippen molar-refractivity contribution in [1.29, 1.82) is 0 Å². The number of benzene rings is 2.